The largest absolute Gasteiger partial charge is 0.444 e. The lowest BCUT2D eigenvalue weighted by Gasteiger charge is -2.28. The number of alkyl carbamates (subject to hydrolysis) is 1. The number of hydrogen-bond acceptors (Lipinski definition) is 4. The second-order valence-corrected chi connectivity index (χ2v) is 8.17. The molecule has 5 nitrogen and oxygen atoms in total. The quantitative estimate of drug-likeness (QED) is 0.673. The molecule has 4 atom stereocenters. The zero-order chi connectivity index (χ0) is 16.9. The van der Waals surface area contributed by atoms with Gasteiger partial charge in [0.15, 0.2) is 0 Å². The fraction of sp³-hybridized carbons (Fsp3) is 0.944. The van der Waals surface area contributed by atoms with E-state index in [0.717, 1.165) is 31.3 Å². The SMILES string of the molecule is COCC(CCCNC(=O)OC(C)(C)C)NC1CC2CCC1C2. The van der Waals surface area contributed by atoms with Gasteiger partial charge >= 0.3 is 6.09 Å². The third-order valence-corrected chi connectivity index (χ3v) is 4.95. The second-order valence-electron chi connectivity index (χ2n) is 8.17. The Kier molecular flexibility index (Phi) is 6.72. The van der Waals surface area contributed by atoms with E-state index < -0.39 is 5.60 Å². The number of hydrogen-bond donors (Lipinski definition) is 2. The maximum absolute atomic E-state index is 11.6. The van der Waals surface area contributed by atoms with Gasteiger partial charge in [-0.05, 0) is 64.7 Å². The Labute approximate surface area is 140 Å². The molecule has 0 spiro atoms. The van der Waals surface area contributed by atoms with Crippen LogP contribution in [0.5, 0.6) is 0 Å². The number of carbonyl (C=O) groups is 1. The van der Waals surface area contributed by atoms with E-state index in [0.29, 0.717) is 18.6 Å². The van der Waals surface area contributed by atoms with Crippen molar-refractivity contribution in [3.63, 3.8) is 0 Å². The van der Waals surface area contributed by atoms with Crippen LogP contribution in [-0.2, 0) is 9.47 Å². The molecule has 1 amide bonds. The van der Waals surface area contributed by atoms with Crippen molar-refractivity contribution in [1.29, 1.82) is 0 Å². The normalized spacial score (nSPS) is 27.9. The van der Waals surface area contributed by atoms with Crippen LogP contribution >= 0.6 is 0 Å². The number of carbonyl (C=O) groups excluding carboxylic acids is 1. The van der Waals surface area contributed by atoms with Crippen LogP contribution < -0.4 is 10.6 Å². The van der Waals surface area contributed by atoms with Gasteiger partial charge in [0.25, 0.3) is 0 Å². The monoisotopic (exact) mass is 326 g/mol. The molecule has 2 fully saturated rings. The number of rotatable bonds is 8. The molecule has 4 unspecified atom stereocenters. The molecule has 2 saturated carbocycles. The minimum atomic E-state index is -0.438. The smallest absolute Gasteiger partial charge is 0.407 e. The number of nitrogens with one attached hydrogen (secondary N) is 2. The molecule has 134 valence electrons. The lowest BCUT2D eigenvalue weighted by molar-refractivity contribution is 0.0525. The average Bonchev–Trinajstić information content (AvgIpc) is 3.04. The van der Waals surface area contributed by atoms with Gasteiger partial charge in [0.05, 0.1) is 6.61 Å². The van der Waals surface area contributed by atoms with Crippen molar-refractivity contribution in [2.75, 3.05) is 20.3 Å². The summed E-state index contributed by atoms with van der Waals surface area (Å²) in [6.07, 6.45) is 7.18. The summed E-state index contributed by atoms with van der Waals surface area (Å²) < 4.78 is 10.6. The Morgan fingerprint density at radius 1 is 1.26 bits per heavy atom. The minimum absolute atomic E-state index is 0.332. The van der Waals surface area contributed by atoms with Crippen LogP contribution in [0.1, 0.15) is 59.3 Å². The predicted molar refractivity (Wildman–Crippen MR) is 91.5 cm³/mol. The van der Waals surface area contributed by atoms with Crippen LogP contribution in [0, 0.1) is 11.8 Å². The van der Waals surface area contributed by atoms with Crippen molar-refractivity contribution >= 4 is 6.09 Å². The maximum atomic E-state index is 11.6. The lowest BCUT2D eigenvalue weighted by atomic mass is 9.94. The van der Waals surface area contributed by atoms with Crippen LogP contribution in [0.25, 0.3) is 0 Å². The molecule has 2 aliphatic rings. The topological polar surface area (TPSA) is 59.6 Å². The number of fused-ring (bicyclic) bond motifs is 2. The van der Waals surface area contributed by atoms with Gasteiger partial charge < -0.3 is 20.1 Å². The van der Waals surface area contributed by atoms with Gasteiger partial charge in [0.1, 0.15) is 5.60 Å². The summed E-state index contributed by atoms with van der Waals surface area (Å²) in [6, 6.07) is 1.05. The molecule has 0 aromatic heterocycles. The number of amides is 1. The third kappa shape index (κ3) is 6.30. The van der Waals surface area contributed by atoms with Crippen molar-refractivity contribution in [2.45, 2.75) is 77.0 Å². The molecule has 23 heavy (non-hydrogen) atoms. The Morgan fingerprint density at radius 2 is 2.04 bits per heavy atom. The summed E-state index contributed by atoms with van der Waals surface area (Å²) in [7, 11) is 1.76. The highest BCUT2D eigenvalue weighted by molar-refractivity contribution is 5.67. The van der Waals surface area contributed by atoms with Crippen molar-refractivity contribution in [1.82, 2.24) is 10.6 Å². The highest BCUT2D eigenvalue weighted by atomic mass is 16.6. The van der Waals surface area contributed by atoms with E-state index in [9.17, 15) is 4.79 Å². The van der Waals surface area contributed by atoms with Gasteiger partial charge in [-0.3, -0.25) is 0 Å². The minimum Gasteiger partial charge on any atom is -0.444 e. The van der Waals surface area contributed by atoms with E-state index in [1.54, 1.807) is 7.11 Å². The van der Waals surface area contributed by atoms with E-state index in [4.69, 9.17) is 9.47 Å². The van der Waals surface area contributed by atoms with Crippen LogP contribution in [0.15, 0.2) is 0 Å². The van der Waals surface area contributed by atoms with Crippen molar-refractivity contribution < 1.29 is 14.3 Å². The molecule has 0 radical (unpaired) electrons. The summed E-state index contributed by atoms with van der Waals surface area (Å²) in [5, 5.41) is 6.63. The van der Waals surface area contributed by atoms with E-state index in [1.807, 2.05) is 20.8 Å². The van der Waals surface area contributed by atoms with Gasteiger partial charge in [-0.15, -0.1) is 0 Å². The molecule has 0 aromatic carbocycles. The van der Waals surface area contributed by atoms with Crippen LogP contribution in [0.3, 0.4) is 0 Å². The van der Waals surface area contributed by atoms with Crippen molar-refractivity contribution in [3.05, 3.63) is 0 Å². The summed E-state index contributed by atoms with van der Waals surface area (Å²) in [5.41, 5.74) is -0.438. The molecular formula is C18H34N2O3. The standard InChI is InChI=1S/C18H34N2O3/c1-18(2,3)23-17(21)19-9-5-6-15(12-22-4)20-16-11-13-7-8-14(16)10-13/h13-16,20H,5-12H2,1-4H3,(H,19,21). The summed E-state index contributed by atoms with van der Waals surface area (Å²) in [4.78, 5) is 11.6. The van der Waals surface area contributed by atoms with Crippen LogP contribution in [0.4, 0.5) is 4.79 Å². The third-order valence-electron chi connectivity index (χ3n) is 4.95. The first-order valence-electron chi connectivity index (χ1n) is 9.09. The summed E-state index contributed by atoms with van der Waals surface area (Å²) in [6.45, 7) is 7.01. The Bertz CT molecular complexity index is 381. The van der Waals surface area contributed by atoms with Gasteiger partial charge in [0, 0.05) is 25.7 Å². The van der Waals surface area contributed by atoms with Gasteiger partial charge in [-0.2, -0.15) is 0 Å². The van der Waals surface area contributed by atoms with Crippen LogP contribution in [-0.4, -0.2) is 44.0 Å². The van der Waals surface area contributed by atoms with Gasteiger partial charge in [-0.1, -0.05) is 6.42 Å². The average molecular weight is 326 g/mol. The van der Waals surface area contributed by atoms with E-state index >= 15 is 0 Å². The molecule has 5 heteroatoms. The summed E-state index contributed by atoms with van der Waals surface area (Å²) in [5.74, 6) is 1.83. The maximum Gasteiger partial charge on any atom is 0.407 e. The Balaban J connectivity index is 1.63. The highest BCUT2D eigenvalue weighted by Gasteiger charge is 2.39. The molecule has 0 aliphatic heterocycles. The summed E-state index contributed by atoms with van der Waals surface area (Å²) >= 11 is 0. The van der Waals surface area contributed by atoms with E-state index in [2.05, 4.69) is 10.6 Å². The fourth-order valence-electron chi connectivity index (χ4n) is 4.02. The second kappa shape index (κ2) is 8.34. The molecule has 0 aromatic rings. The molecule has 0 saturated heterocycles. The fourth-order valence-corrected chi connectivity index (χ4v) is 4.02. The first kappa shape index (κ1) is 18.5. The first-order valence-corrected chi connectivity index (χ1v) is 9.09. The molecule has 2 aliphatic carbocycles. The van der Waals surface area contributed by atoms with Crippen molar-refractivity contribution in [3.8, 4) is 0 Å². The molecule has 2 N–H and O–H groups in total. The Hall–Kier alpha value is -0.810. The zero-order valence-electron chi connectivity index (χ0n) is 15.2. The van der Waals surface area contributed by atoms with Gasteiger partial charge in [0.2, 0.25) is 0 Å². The molecule has 2 rings (SSSR count). The molecule has 2 bridgehead atoms. The van der Waals surface area contributed by atoms with Crippen molar-refractivity contribution in [2.24, 2.45) is 11.8 Å². The number of methoxy groups -OCH3 is 1. The van der Waals surface area contributed by atoms with E-state index in [-0.39, 0.29) is 6.09 Å². The van der Waals surface area contributed by atoms with E-state index in [1.165, 1.54) is 25.7 Å². The first-order chi connectivity index (χ1) is 10.9. The highest BCUT2D eigenvalue weighted by Crippen LogP contribution is 2.44. The van der Waals surface area contributed by atoms with Gasteiger partial charge in [-0.25, -0.2) is 4.79 Å². The molecular weight excluding hydrogens is 292 g/mol. The zero-order valence-corrected chi connectivity index (χ0v) is 15.2. The number of ether oxygens (including phenoxy) is 2. The van der Waals surface area contributed by atoms with Crippen LogP contribution in [0.2, 0.25) is 0 Å². The molecule has 0 heterocycles. The lowest BCUT2D eigenvalue weighted by Crippen LogP contribution is -2.44. The predicted octanol–water partition coefficient (Wildman–Crippen LogP) is 3.08. The Morgan fingerprint density at radius 3 is 2.61 bits per heavy atom.